The smallest absolute Gasteiger partial charge is 0.462 e. The highest BCUT2D eigenvalue weighted by Crippen LogP contribution is 2.45. The van der Waals surface area contributed by atoms with Gasteiger partial charge in [-0.1, -0.05) is 440 Å². The van der Waals surface area contributed by atoms with Crippen molar-refractivity contribution in [2.24, 2.45) is 11.8 Å². The summed E-state index contributed by atoms with van der Waals surface area (Å²) in [5.41, 5.74) is 0. The number of rotatable bonds is 90. The number of aliphatic hydroxyl groups excluding tert-OH is 1. The molecule has 0 aromatic heterocycles. The number of esters is 4. The average Bonchev–Trinajstić information content (AvgIpc) is 0.898. The maximum absolute atomic E-state index is 13.2. The molecular weight excluding hydrogens is 1430 g/mol. The van der Waals surface area contributed by atoms with Gasteiger partial charge in [0.1, 0.15) is 19.3 Å². The quantitative estimate of drug-likeness (QED) is 0.0222. The van der Waals surface area contributed by atoms with Gasteiger partial charge in [0.05, 0.1) is 26.4 Å². The van der Waals surface area contributed by atoms with E-state index in [4.69, 9.17) is 37.0 Å². The molecule has 17 nitrogen and oxygen atoms in total. The van der Waals surface area contributed by atoms with Gasteiger partial charge in [0.15, 0.2) is 12.2 Å². The van der Waals surface area contributed by atoms with Gasteiger partial charge >= 0.3 is 39.5 Å². The van der Waals surface area contributed by atoms with E-state index in [9.17, 15) is 43.2 Å². The first-order chi connectivity index (χ1) is 53.4. The lowest BCUT2D eigenvalue weighted by molar-refractivity contribution is -0.161. The highest BCUT2D eigenvalue weighted by atomic mass is 31.2. The SMILES string of the molecule is CCCCCCCCCCCCCCCCCCCCCCCCC(=O)O[C@H](COC(=O)CCCCCCCCCCCCCCCCCCCCCC)COP(=O)(O)OC[C@@H](O)COP(=O)(O)OC[C@@H](COC(=O)CCCCCCCCCCC(C)CC)OC(=O)CCCCCCCCCCCCCCCC(C)C. The monoisotopic (exact) mass is 1610 g/mol. The number of carbonyl (C=O) groups excluding carboxylic acids is 4. The van der Waals surface area contributed by atoms with Crippen molar-refractivity contribution >= 4 is 39.5 Å². The Morgan fingerprint density at radius 2 is 0.464 bits per heavy atom. The molecule has 0 aromatic carbocycles. The first-order valence-corrected chi connectivity index (χ1v) is 50.0. The molecule has 3 unspecified atom stereocenters. The van der Waals surface area contributed by atoms with E-state index in [0.29, 0.717) is 25.7 Å². The van der Waals surface area contributed by atoms with Gasteiger partial charge in [-0.15, -0.1) is 0 Å². The topological polar surface area (TPSA) is 237 Å². The largest absolute Gasteiger partial charge is 0.472 e. The number of hydrogen-bond acceptors (Lipinski definition) is 15. The summed E-state index contributed by atoms with van der Waals surface area (Å²) < 4.78 is 69.1. The molecule has 6 atom stereocenters. The predicted molar refractivity (Wildman–Crippen MR) is 455 cm³/mol. The van der Waals surface area contributed by atoms with E-state index in [1.54, 1.807) is 0 Å². The number of phosphoric ester groups is 2. The Morgan fingerprint density at radius 3 is 0.691 bits per heavy atom. The summed E-state index contributed by atoms with van der Waals surface area (Å²) >= 11 is 0. The average molecular weight is 1610 g/mol. The molecule has 0 saturated heterocycles. The molecule has 654 valence electrons. The lowest BCUT2D eigenvalue weighted by Gasteiger charge is -2.21. The van der Waals surface area contributed by atoms with Crippen molar-refractivity contribution in [2.75, 3.05) is 39.6 Å². The zero-order valence-electron chi connectivity index (χ0n) is 72.6. The number of aliphatic hydroxyl groups is 1. The van der Waals surface area contributed by atoms with Gasteiger partial charge in [0.25, 0.3) is 0 Å². The second kappa shape index (κ2) is 82.2. The van der Waals surface area contributed by atoms with E-state index in [-0.39, 0.29) is 25.7 Å². The third kappa shape index (κ3) is 82.6. The van der Waals surface area contributed by atoms with E-state index in [0.717, 1.165) is 102 Å². The molecule has 3 N–H and O–H groups in total. The molecule has 0 heterocycles. The van der Waals surface area contributed by atoms with Gasteiger partial charge in [-0.2, -0.15) is 0 Å². The molecule has 0 rings (SSSR count). The van der Waals surface area contributed by atoms with Crippen molar-refractivity contribution in [3.05, 3.63) is 0 Å². The van der Waals surface area contributed by atoms with E-state index >= 15 is 0 Å². The maximum Gasteiger partial charge on any atom is 0.472 e. The summed E-state index contributed by atoms with van der Waals surface area (Å²) in [6.07, 6.45) is 76.5. The number of carbonyl (C=O) groups is 4. The fourth-order valence-electron chi connectivity index (χ4n) is 14.3. The van der Waals surface area contributed by atoms with Crippen LogP contribution in [-0.2, 0) is 65.4 Å². The second-order valence-electron chi connectivity index (χ2n) is 33.4. The minimum Gasteiger partial charge on any atom is -0.462 e. The van der Waals surface area contributed by atoms with Crippen molar-refractivity contribution in [3.63, 3.8) is 0 Å². The Hall–Kier alpha value is -1.94. The molecule has 19 heteroatoms. The minimum atomic E-state index is -4.97. The number of unbranched alkanes of at least 4 members (excludes halogenated alkanes) is 59. The molecule has 110 heavy (non-hydrogen) atoms. The first kappa shape index (κ1) is 108. The van der Waals surface area contributed by atoms with Crippen LogP contribution >= 0.6 is 15.6 Å². The Kier molecular flexibility index (Phi) is 80.7. The molecule has 0 bridgehead atoms. The van der Waals surface area contributed by atoms with Crippen molar-refractivity contribution in [1.29, 1.82) is 0 Å². The van der Waals surface area contributed by atoms with Crippen LogP contribution in [0.15, 0.2) is 0 Å². The predicted octanol–water partition coefficient (Wildman–Crippen LogP) is 28.2. The van der Waals surface area contributed by atoms with Crippen LogP contribution < -0.4 is 0 Å². The molecule has 0 aromatic rings. The fraction of sp³-hybridized carbons (Fsp3) is 0.956. The summed E-state index contributed by atoms with van der Waals surface area (Å²) in [7, 11) is -9.94. The molecular formula is C91H178O17P2. The number of ether oxygens (including phenoxy) is 4. The molecule has 0 fully saturated rings. The van der Waals surface area contributed by atoms with Crippen LogP contribution in [0.1, 0.15) is 491 Å². The molecule has 0 saturated carbocycles. The van der Waals surface area contributed by atoms with Gasteiger partial charge in [-0.05, 0) is 37.5 Å². The maximum atomic E-state index is 13.2. The van der Waals surface area contributed by atoms with Crippen LogP contribution in [-0.4, -0.2) is 96.7 Å². The van der Waals surface area contributed by atoms with Gasteiger partial charge in [0, 0.05) is 25.7 Å². The van der Waals surface area contributed by atoms with Crippen LogP contribution in [0.25, 0.3) is 0 Å². The number of phosphoric acid groups is 2. The fourth-order valence-corrected chi connectivity index (χ4v) is 15.9. The van der Waals surface area contributed by atoms with Crippen LogP contribution in [0, 0.1) is 11.8 Å². The molecule has 0 aliphatic carbocycles. The highest BCUT2D eigenvalue weighted by Gasteiger charge is 2.31. The summed E-state index contributed by atoms with van der Waals surface area (Å²) in [6, 6.07) is 0. The lowest BCUT2D eigenvalue weighted by atomic mass is 9.99. The van der Waals surface area contributed by atoms with Crippen molar-refractivity contribution in [1.82, 2.24) is 0 Å². The van der Waals surface area contributed by atoms with E-state index < -0.39 is 97.5 Å². The third-order valence-corrected chi connectivity index (χ3v) is 23.7. The molecule has 0 aliphatic heterocycles. The molecule has 0 radical (unpaired) electrons. The zero-order valence-corrected chi connectivity index (χ0v) is 74.4. The lowest BCUT2D eigenvalue weighted by Crippen LogP contribution is -2.30. The van der Waals surface area contributed by atoms with Crippen molar-refractivity contribution in [2.45, 2.75) is 509 Å². The van der Waals surface area contributed by atoms with Crippen LogP contribution in [0.3, 0.4) is 0 Å². The summed E-state index contributed by atoms with van der Waals surface area (Å²) in [4.78, 5) is 73.4. The highest BCUT2D eigenvalue weighted by molar-refractivity contribution is 7.47. The van der Waals surface area contributed by atoms with Crippen LogP contribution in [0.5, 0.6) is 0 Å². The Bertz CT molecular complexity index is 2100. The van der Waals surface area contributed by atoms with Crippen LogP contribution in [0.4, 0.5) is 0 Å². The van der Waals surface area contributed by atoms with Gasteiger partial charge in [-0.25, -0.2) is 9.13 Å². The first-order valence-electron chi connectivity index (χ1n) is 47.0. The summed E-state index contributed by atoms with van der Waals surface area (Å²) in [5.74, 6) is -0.534. The Balaban J connectivity index is 5.24. The van der Waals surface area contributed by atoms with Gasteiger partial charge in [0.2, 0.25) is 0 Å². The van der Waals surface area contributed by atoms with E-state index in [1.807, 2.05) is 0 Å². The zero-order chi connectivity index (χ0) is 80.6. The second-order valence-corrected chi connectivity index (χ2v) is 36.3. The molecule has 0 spiro atoms. The number of hydrogen-bond donors (Lipinski definition) is 3. The minimum absolute atomic E-state index is 0.107. The molecule has 0 amide bonds. The summed E-state index contributed by atoms with van der Waals surface area (Å²) in [6.45, 7) is 9.72. The van der Waals surface area contributed by atoms with Gasteiger partial charge in [-0.3, -0.25) is 37.3 Å². The van der Waals surface area contributed by atoms with Crippen molar-refractivity contribution < 1.29 is 80.2 Å². The Morgan fingerprint density at radius 1 is 0.264 bits per heavy atom. The van der Waals surface area contributed by atoms with E-state index in [1.165, 1.54) is 308 Å². The third-order valence-electron chi connectivity index (χ3n) is 21.8. The van der Waals surface area contributed by atoms with Crippen LogP contribution in [0.2, 0.25) is 0 Å². The summed E-state index contributed by atoms with van der Waals surface area (Å²) in [5, 5.41) is 10.7. The van der Waals surface area contributed by atoms with E-state index in [2.05, 4.69) is 41.5 Å². The van der Waals surface area contributed by atoms with Gasteiger partial charge < -0.3 is 33.8 Å². The Labute approximate surface area is 677 Å². The van der Waals surface area contributed by atoms with Crippen molar-refractivity contribution in [3.8, 4) is 0 Å². The normalized spacial score (nSPS) is 14.0. The standard InChI is InChI=1S/C91H178O17P2/c1-7-10-12-14-16-18-20-22-24-26-28-30-31-33-35-37-41-45-49-57-63-69-75-90(95)107-86(79-101-88(93)73-67-61-55-48-44-40-36-34-32-29-27-25-23-21-19-17-15-13-11-8-2)81-105-109(97,98)103-77-85(92)78-104-110(99,100)106-82-87(80-102-89(94)74-68-62-56-52-51-54-60-66-72-84(6)9-3)108-91(96)76-70-64-58-50-46-42-38-39-43-47-53-59-65-71-83(4)5/h83-87,92H,7-82H2,1-6H3,(H,97,98)(H,99,100)/t84?,85-,86-,87-/m1/s1. The molecule has 0 aliphatic rings.